The highest BCUT2D eigenvalue weighted by Gasteiger charge is 2.22. The molecule has 0 amide bonds. The number of aryl methyl sites for hydroxylation is 1. The molecule has 172 valence electrons. The standard InChI is InChI=1S/C23H27N7O2S/c1-3-29-22(19-9-6-14-31-19)25-30(23(29)33)16-28-12-10-27(11-13-28)15-20-24-21(26-32-20)18-8-5-4-7-17(18)2/h4-9,14H,3,10-13,15-16H2,1-2H3. The van der Waals surface area contributed by atoms with Crippen LogP contribution in [0.1, 0.15) is 18.4 Å². The number of furan rings is 1. The average molecular weight is 466 g/mol. The molecule has 0 unspecified atom stereocenters. The van der Waals surface area contributed by atoms with Crippen LogP contribution in [0.4, 0.5) is 0 Å². The predicted molar refractivity (Wildman–Crippen MR) is 126 cm³/mol. The van der Waals surface area contributed by atoms with Gasteiger partial charge in [-0.05, 0) is 43.8 Å². The number of piperazine rings is 1. The third-order valence-electron chi connectivity index (χ3n) is 5.99. The molecule has 10 heteroatoms. The molecule has 9 nitrogen and oxygen atoms in total. The second-order valence-corrected chi connectivity index (χ2v) is 8.55. The minimum absolute atomic E-state index is 0.647. The number of hydrogen-bond donors (Lipinski definition) is 0. The summed E-state index contributed by atoms with van der Waals surface area (Å²) in [5, 5.41) is 8.91. The number of hydrogen-bond acceptors (Lipinski definition) is 8. The molecule has 1 fully saturated rings. The van der Waals surface area contributed by atoms with Crippen LogP contribution in [0.2, 0.25) is 0 Å². The minimum atomic E-state index is 0.647. The van der Waals surface area contributed by atoms with Crippen molar-refractivity contribution >= 4 is 12.2 Å². The van der Waals surface area contributed by atoms with Crippen LogP contribution in [0.5, 0.6) is 0 Å². The van der Waals surface area contributed by atoms with Gasteiger partial charge in [0, 0.05) is 38.3 Å². The van der Waals surface area contributed by atoms with E-state index in [0.717, 1.165) is 55.4 Å². The molecule has 4 heterocycles. The van der Waals surface area contributed by atoms with Crippen LogP contribution in [0.25, 0.3) is 23.0 Å². The normalized spacial score (nSPS) is 15.3. The van der Waals surface area contributed by atoms with Crippen molar-refractivity contribution in [2.24, 2.45) is 0 Å². The van der Waals surface area contributed by atoms with Crippen molar-refractivity contribution in [2.45, 2.75) is 33.6 Å². The highest BCUT2D eigenvalue weighted by Crippen LogP contribution is 2.21. The van der Waals surface area contributed by atoms with Gasteiger partial charge < -0.3 is 8.94 Å². The first kappa shape index (κ1) is 21.7. The summed E-state index contributed by atoms with van der Waals surface area (Å²) in [4.78, 5) is 9.30. The van der Waals surface area contributed by atoms with Gasteiger partial charge in [0.1, 0.15) is 0 Å². The van der Waals surface area contributed by atoms with E-state index >= 15 is 0 Å². The Morgan fingerprint density at radius 1 is 1.03 bits per heavy atom. The molecule has 4 aromatic rings. The van der Waals surface area contributed by atoms with Gasteiger partial charge in [-0.2, -0.15) is 4.98 Å². The summed E-state index contributed by atoms with van der Waals surface area (Å²) in [6.45, 7) is 9.82. The van der Waals surface area contributed by atoms with Gasteiger partial charge in [-0.1, -0.05) is 29.4 Å². The van der Waals surface area contributed by atoms with Gasteiger partial charge in [-0.15, -0.1) is 5.10 Å². The van der Waals surface area contributed by atoms with E-state index in [1.807, 2.05) is 39.6 Å². The average Bonchev–Trinajstić information content (AvgIpc) is 3.57. The van der Waals surface area contributed by atoms with Gasteiger partial charge in [0.15, 0.2) is 16.4 Å². The Kier molecular flexibility index (Phi) is 6.21. The predicted octanol–water partition coefficient (Wildman–Crippen LogP) is 3.83. The fourth-order valence-corrected chi connectivity index (χ4v) is 4.44. The first-order chi connectivity index (χ1) is 16.1. The van der Waals surface area contributed by atoms with E-state index in [1.54, 1.807) is 6.26 Å². The summed E-state index contributed by atoms with van der Waals surface area (Å²) in [7, 11) is 0. The Morgan fingerprint density at radius 2 is 1.82 bits per heavy atom. The lowest BCUT2D eigenvalue weighted by molar-refractivity contribution is 0.0908. The third kappa shape index (κ3) is 4.54. The van der Waals surface area contributed by atoms with E-state index in [0.29, 0.717) is 29.7 Å². The summed E-state index contributed by atoms with van der Waals surface area (Å²) < 4.78 is 15.7. The molecule has 1 aliphatic heterocycles. The van der Waals surface area contributed by atoms with E-state index in [4.69, 9.17) is 26.3 Å². The second-order valence-electron chi connectivity index (χ2n) is 8.19. The molecule has 1 aromatic carbocycles. The van der Waals surface area contributed by atoms with Crippen LogP contribution in [0, 0.1) is 11.7 Å². The molecule has 1 saturated heterocycles. The van der Waals surface area contributed by atoms with Crippen LogP contribution in [0.15, 0.2) is 51.6 Å². The molecule has 0 atom stereocenters. The molecule has 0 N–H and O–H groups in total. The third-order valence-corrected chi connectivity index (χ3v) is 6.42. The minimum Gasteiger partial charge on any atom is -0.461 e. The van der Waals surface area contributed by atoms with Crippen LogP contribution in [-0.4, -0.2) is 60.5 Å². The topological polar surface area (TPSA) is 81.3 Å². The van der Waals surface area contributed by atoms with Crippen LogP contribution < -0.4 is 0 Å². The highest BCUT2D eigenvalue weighted by molar-refractivity contribution is 7.71. The Bertz CT molecular complexity index is 1270. The molecule has 0 bridgehead atoms. The largest absolute Gasteiger partial charge is 0.461 e. The van der Waals surface area contributed by atoms with Crippen molar-refractivity contribution in [1.82, 2.24) is 34.3 Å². The Hall–Kier alpha value is -3.08. The second kappa shape index (κ2) is 9.42. The molecule has 0 spiro atoms. The lowest BCUT2D eigenvalue weighted by atomic mass is 10.1. The van der Waals surface area contributed by atoms with E-state index in [1.165, 1.54) is 0 Å². The number of rotatable bonds is 7. The zero-order chi connectivity index (χ0) is 22.8. The van der Waals surface area contributed by atoms with Crippen molar-refractivity contribution in [3.05, 3.63) is 58.9 Å². The first-order valence-corrected chi connectivity index (χ1v) is 11.6. The quantitative estimate of drug-likeness (QED) is 0.381. The lowest BCUT2D eigenvalue weighted by Crippen LogP contribution is -2.46. The van der Waals surface area contributed by atoms with Gasteiger partial charge >= 0.3 is 0 Å². The maximum atomic E-state index is 5.67. The SMILES string of the molecule is CCn1c(-c2ccco2)nn(CN2CCN(Cc3nc(-c4ccccc4C)no3)CC2)c1=S. The fourth-order valence-electron chi connectivity index (χ4n) is 4.13. The van der Waals surface area contributed by atoms with E-state index in [2.05, 4.69) is 39.9 Å². The molecule has 0 radical (unpaired) electrons. The van der Waals surface area contributed by atoms with Gasteiger partial charge in [0.2, 0.25) is 11.7 Å². The van der Waals surface area contributed by atoms with E-state index < -0.39 is 0 Å². The lowest BCUT2D eigenvalue weighted by Gasteiger charge is -2.33. The summed E-state index contributed by atoms with van der Waals surface area (Å²) >= 11 is 5.67. The molecule has 3 aromatic heterocycles. The van der Waals surface area contributed by atoms with Crippen LogP contribution >= 0.6 is 12.2 Å². The Balaban J connectivity index is 1.20. The van der Waals surface area contributed by atoms with Crippen molar-refractivity contribution in [3.8, 4) is 23.0 Å². The highest BCUT2D eigenvalue weighted by atomic mass is 32.1. The summed E-state index contributed by atoms with van der Waals surface area (Å²) in [6.07, 6.45) is 1.66. The van der Waals surface area contributed by atoms with Crippen molar-refractivity contribution in [1.29, 1.82) is 0 Å². The zero-order valence-corrected chi connectivity index (χ0v) is 19.7. The van der Waals surface area contributed by atoms with Crippen LogP contribution in [-0.2, 0) is 19.8 Å². The molecule has 1 aliphatic rings. The molecule has 33 heavy (non-hydrogen) atoms. The van der Waals surface area contributed by atoms with Gasteiger partial charge in [0.05, 0.1) is 19.5 Å². The van der Waals surface area contributed by atoms with Gasteiger partial charge in [0.25, 0.3) is 0 Å². The molecular formula is C23H27N7O2S. The van der Waals surface area contributed by atoms with E-state index in [-0.39, 0.29) is 0 Å². The molecule has 5 rings (SSSR count). The smallest absolute Gasteiger partial charge is 0.241 e. The monoisotopic (exact) mass is 465 g/mol. The summed E-state index contributed by atoms with van der Waals surface area (Å²) in [6, 6.07) is 11.9. The Morgan fingerprint density at radius 3 is 2.55 bits per heavy atom. The Labute approximate surface area is 197 Å². The van der Waals surface area contributed by atoms with Gasteiger partial charge in [-0.3, -0.25) is 14.4 Å². The molecular weight excluding hydrogens is 438 g/mol. The zero-order valence-electron chi connectivity index (χ0n) is 18.8. The number of benzene rings is 1. The van der Waals surface area contributed by atoms with E-state index in [9.17, 15) is 0 Å². The van der Waals surface area contributed by atoms with Crippen molar-refractivity contribution in [3.63, 3.8) is 0 Å². The van der Waals surface area contributed by atoms with Crippen molar-refractivity contribution in [2.75, 3.05) is 26.2 Å². The maximum absolute atomic E-state index is 5.67. The summed E-state index contributed by atoms with van der Waals surface area (Å²) in [5.41, 5.74) is 2.15. The fraction of sp³-hybridized carbons (Fsp3) is 0.391. The number of aromatic nitrogens is 5. The van der Waals surface area contributed by atoms with Crippen molar-refractivity contribution < 1.29 is 8.94 Å². The molecule has 0 aliphatic carbocycles. The first-order valence-electron chi connectivity index (χ1n) is 11.2. The molecule has 0 saturated carbocycles. The summed E-state index contributed by atoms with van der Waals surface area (Å²) in [5.74, 6) is 2.80. The maximum Gasteiger partial charge on any atom is 0.241 e. The number of nitrogens with zero attached hydrogens (tertiary/aromatic N) is 7. The van der Waals surface area contributed by atoms with Crippen LogP contribution in [0.3, 0.4) is 0 Å². The van der Waals surface area contributed by atoms with Gasteiger partial charge in [-0.25, -0.2) is 4.68 Å².